The van der Waals surface area contributed by atoms with Crippen molar-refractivity contribution in [2.75, 3.05) is 13.1 Å². The van der Waals surface area contributed by atoms with E-state index < -0.39 is 6.10 Å². The molecule has 4 heteroatoms. The van der Waals surface area contributed by atoms with Crippen molar-refractivity contribution in [1.29, 1.82) is 0 Å². The van der Waals surface area contributed by atoms with E-state index >= 15 is 0 Å². The van der Waals surface area contributed by atoms with Gasteiger partial charge >= 0.3 is 5.97 Å². The van der Waals surface area contributed by atoms with Crippen molar-refractivity contribution >= 4 is 11.9 Å². The first-order chi connectivity index (χ1) is 11.0. The van der Waals surface area contributed by atoms with Gasteiger partial charge in [0.2, 0.25) is 0 Å². The van der Waals surface area contributed by atoms with Crippen molar-refractivity contribution in [1.82, 2.24) is 4.90 Å². The van der Waals surface area contributed by atoms with Crippen molar-refractivity contribution in [3.63, 3.8) is 0 Å². The summed E-state index contributed by atoms with van der Waals surface area (Å²) in [5, 5.41) is 0. The van der Waals surface area contributed by atoms with Crippen molar-refractivity contribution in [2.24, 2.45) is 5.92 Å². The number of unbranched alkanes of at least 4 members (excludes halogenated alkanes) is 3. The van der Waals surface area contributed by atoms with Crippen LogP contribution in [0.25, 0.3) is 0 Å². The molecule has 0 saturated carbocycles. The lowest BCUT2D eigenvalue weighted by Crippen LogP contribution is -2.41. The fraction of sp³-hybridized carbons (Fsp3) is 0.895. The largest absolute Gasteiger partial charge is 0.452 e. The molecule has 0 radical (unpaired) electrons. The maximum absolute atomic E-state index is 12.6. The van der Waals surface area contributed by atoms with E-state index in [1.165, 1.54) is 0 Å². The summed E-state index contributed by atoms with van der Waals surface area (Å²) in [5.41, 5.74) is 0. The average Bonchev–Trinajstić information content (AvgIpc) is 2.55. The number of ether oxygens (including phenoxy) is 1. The topological polar surface area (TPSA) is 46.6 Å². The van der Waals surface area contributed by atoms with Crippen LogP contribution in [-0.4, -0.2) is 36.0 Å². The van der Waals surface area contributed by atoms with Gasteiger partial charge in [0.15, 0.2) is 6.10 Å². The second-order valence-corrected chi connectivity index (χ2v) is 6.36. The van der Waals surface area contributed by atoms with Gasteiger partial charge < -0.3 is 9.64 Å². The molecule has 0 aromatic heterocycles. The van der Waals surface area contributed by atoms with Crippen LogP contribution < -0.4 is 0 Å². The maximum atomic E-state index is 12.6. The zero-order valence-electron chi connectivity index (χ0n) is 15.9. The van der Waals surface area contributed by atoms with Crippen LogP contribution in [0.1, 0.15) is 86.0 Å². The van der Waals surface area contributed by atoms with Gasteiger partial charge in [0.05, 0.1) is 5.92 Å². The molecule has 2 atom stereocenters. The van der Waals surface area contributed by atoms with Gasteiger partial charge in [0.1, 0.15) is 0 Å². The zero-order chi connectivity index (χ0) is 17.7. The lowest BCUT2D eigenvalue weighted by atomic mass is 10.00. The molecule has 0 aromatic carbocycles. The van der Waals surface area contributed by atoms with Gasteiger partial charge in [-0.25, -0.2) is 0 Å². The molecule has 23 heavy (non-hydrogen) atoms. The summed E-state index contributed by atoms with van der Waals surface area (Å²) < 4.78 is 5.47. The molecule has 0 aliphatic heterocycles. The minimum Gasteiger partial charge on any atom is -0.452 e. The van der Waals surface area contributed by atoms with E-state index in [1.54, 1.807) is 6.92 Å². The van der Waals surface area contributed by atoms with E-state index in [9.17, 15) is 9.59 Å². The third-order valence-corrected chi connectivity index (χ3v) is 4.25. The van der Waals surface area contributed by atoms with E-state index in [1.807, 2.05) is 11.8 Å². The summed E-state index contributed by atoms with van der Waals surface area (Å²) in [5.74, 6) is -0.344. The van der Waals surface area contributed by atoms with Crippen LogP contribution in [0.2, 0.25) is 0 Å². The van der Waals surface area contributed by atoms with Crippen molar-refractivity contribution in [3.05, 3.63) is 0 Å². The summed E-state index contributed by atoms with van der Waals surface area (Å²) in [7, 11) is 0. The molecule has 0 unspecified atom stereocenters. The number of esters is 1. The summed E-state index contributed by atoms with van der Waals surface area (Å²) in [6.07, 6.45) is 7.13. The number of amides is 1. The Morgan fingerprint density at radius 1 is 0.913 bits per heavy atom. The highest BCUT2D eigenvalue weighted by molar-refractivity contribution is 5.84. The first kappa shape index (κ1) is 21.9. The molecule has 0 N–H and O–H groups in total. The van der Waals surface area contributed by atoms with Crippen molar-refractivity contribution in [3.8, 4) is 0 Å². The van der Waals surface area contributed by atoms with Crippen LogP contribution in [0.15, 0.2) is 0 Å². The second kappa shape index (κ2) is 13.4. The van der Waals surface area contributed by atoms with Crippen molar-refractivity contribution < 1.29 is 14.3 Å². The Bertz CT molecular complexity index is 323. The first-order valence-electron chi connectivity index (χ1n) is 9.50. The molecule has 0 aromatic rings. The minimum absolute atomic E-state index is 0.0504. The molecule has 0 fully saturated rings. The molecule has 4 nitrogen and oxygen atoms in total. The highest BCUT2D eigenvalue weighted by Gasteiger charge is 2.26. The molecule has 0 saturated heterocycles. The van der Waals surface area contributed by atoms with Gasteiger partial charge in [-0.3, -0.25) is 9.59 Å². The first-order valence-corrected chi connectivity index (χ1v) is 9.50. The molecular formula is C19H37NO3. The van der Waals surface area contributed by atoms with E-state index in [-0.39, 0.29) is 17.8 Å². The fourth-order valence-corrected chi connectivity index (χ4v) is 2.55. The number of hydrogen-bond donors (Lipinski definition) is 0. The van der Waals surface area contributed by atoms with Gasteiger partial charge in [-0.1, -0.05) is 53.4 Å². The Morgan fingerprint density at radius 3 is 1.87 bits per heavy atom. The second-order valence-electron chi connectivity index (χ2n) is 6.36. The quantitative estimate of drug-likeness (QED) is 0.466. The van der Waals surface area contributed by atoms with Gasteiger partial charge in [-0.05, 0) is 32.6 Å². The normalized spacial score (nSPS) is 13.4. The van der Waals surface area contributed by atoms with Crippen LogP contribution in [0.4, 0.5) is 0 Å². The van der Waals surface area contributed by atoms with Gasteiger partial charge in [0.25, 0.3) is 5.91 Å². The summed E-state index contributed by atoms with van der Waals surface area (Å²) >= 11 is 0. The van der Waals surface area contributed by atoms with Gasteiger partial charge in [-0.2, -0.15) is 0 Å². The Kier molecular flexibility index (Phi) is 12.8. The lowest BCUT2D eigenvalue weighted by molar-refractivity contribution is -0.163. The standard InChI is InChI=1S/C19H37NO3/c1-6-10-13-17(9-4)19(22)23-16(5)18(21)20(14-11-7-2)15-12-8-3/h16-17H,6-15H2,1-5H3/t16-,17+/m1/s1. The summed E-state index contributed by atoms with van der Waals surface area (Å²) in [6, 6.07) is 0. The molecule has 0 bridgehead atoms. The monoisotopic (exact) mass is 327 g/mol. The predicted octanol–water partition coefficient (Wildman–Crippen LogP) is 4.56. The minimum atomic E-state index is -0.674. The average molecular weight is 328 g/mol. The molecule has 0 spiro atoms. The van der Waals surface area contributed by atoms with Crippen LogP contribution in [0.3, 0.4) is 0 Å². The Labute approximate surface area is 143 Å². The van der Waals surface area contributed by atoms with E-state index in [0.717, 1.165) is 64.5 Å². The Balaban J connectivity index is 4.59. The molecule has 0 rings (SSSR count). The molecule has 0 aliphatic rings. The van der Waals surface area contributed by atoms with Crippen LogP contribution >= 0.6 is 0 Å². The number of carbonyl (C=O) groups is 2. The van der Waals surface area contributed by atoms with Gasteiger partial charge in [0, 0.05) is 13.1 Å². The zero-order valence-corrected chi connectivity index (χ0v) is 15.9. The number of nitrogens with zero attached hydrogens (tertiary/aromatic N) is 1. The van der Waals surface area contributed by atoms with Gasteiger partial charge in [-0.15, -0.1) is 0 Å². The van der Waals surface area contributed by atoms with E-state index in [2.05, 4.69) is 20.8 Å². The molecule has 136 valence electrons. The van der Waals surface area contributed by atoms with Crippen LogP contribution in [-0.2, 0) is 14.3 Å². The van der Waals surface area contributed by atoms with E-state index in [4.69, 9.17) is 4.74 Å². The summed E-state index contributed by atoms with van der Waals surface area (Å²) in [6.45, 7) is 11.6. The van der Waals surface area contributed by atoms with Crippen LogP contribution in [0.5, 0.6) is 0 Å². The molecule has 0 heterocycles. The predicted molar refractivity (Wildman–Crippen MR) is 95.3 cm³/mol. The van der Waals surface area contributed by atoms with Crippen molar-refractivity contribution in [2.45, 2.75) is 92.1 Å². The SMILES string of the molecule is CCCC[C@H](CC)C(=O)O[C@H](C)C(=O)N(CCCC)CCCC. The Morgan fingerprint density at radius 2 is 1.43 bits per heavy atom. The molecule has 1 amide bonds. The highest BCUT2D eigenvalue weighted by Crippen LogP contribution is 2.16. The number of rotatable bonds is 13. The third-order valence-electron chi connectivity index (χ3n) is 4.25. The Hall–Kier alpha value is -1.06. The smallest absolute Gasteiger partial charge is 0.309 e. The number of carbonyl (C=O) groups excluding carboxylic acids is 2. The van der Waals surface area contributed by atoms with E-state index in [0.29, 0.717) is 0 Å². The third kappa shape index (κ3) is 8.97. The maximum Gasteiger partial charge on any atom is 0.309 e. The fourth-order valence-electron chi connectivity index (χ4n) is 2.55. The molecule has 0 aliphatic carbocycles. The molecular weight excluding hydrogens is 290 g/mol. The van der Waals surface area contributed by atoms with Crippen LogP contribution in [0, 0.1) is 5.92 Å². The number of hydrogen-bond acceptors (Lipinski definition) is 3. The lowest BCUT2D eigenvalue weighted by Gasteiger charge is -2.26. The highest BCUT2D eigenvalue weighted by atomic mass is 16.5. The summed E-state index contributed by atoms with van der Waals surface area (Å²) in [4.78, 5) is 26.7.